The summed E-state index contributed by atoms with van der Waals surface area (Å²) in [5.74, 6) is 5.55. The SMILES string of the molecule is Cc1ccc(NN)c(C(=O)N2CCc3sccc3C2)c1. The minimum Gasteiger partial charge on any atom is -0.334 e. The second kappa shape index (κ2) is 5.26. The maximum absolute atomic E-state index is 12.7. The van der Waals surface area contributed by atoms with E-state index in [-0.39, 0.29) is 5.91 Å². The lowest BCUT2D eigenvalue weighted by atomic mass is 10.1. The molecule has 1 aromatic carbocycles. The van der Waals surface area contributed by atoms with Gasteiger partial charge in [0.05, 0.1) is 11.3 Å². The van der Waals surface area contributed by atoms with E-state index in [9.17, 15) is 4.79 Å². The highest BCUT2D eigenvalue weighted by Crippen LogP contribution is 2.26. The molecule has 2 heterocycles. The average molecular weight is 287 g/mol. The van der Waals surface area contributed by atoms with Crippen LogP contribution in [-0.4, -0.2) is 17.4 Å². The van der Waals surface area contributed by atoms with E-state index in [1.807, 2.05) is 30.0 Å². The Labute approximate surface area is 122 Å². The van der Waals surface area contributed by atoms with Crippen molar-refractivity contribution in [3.8, 4) is 0 Å². The van der Waals surface area contributed by atoms with Crippen LogP contribution in [-0.2, 0) is 13.0 Å². The quantitative estimate of drug-likeness (QED) is 0.659. The number of hydrogen-bond donors (Lipinski definition) is 2. The Morgan fingerprint density at radius 1 is 1.40 bits per heavy atom. The number of hydrazine groups is 1. The number of fused-ring (bicyclic) bond motifs is 1. The van der Waals surface area contributed by atoms with Crippen LogP contribution < -0.4 is 11.3 Å². The van der Waals surface area contributed by atoms with Crippen LogP contribution in [0.1, 0.15) is 26.4 Å². The number of benzene rings is 1. The van der Waals surface area contributed by atoms with Gasteiger partial charge in [-0.25, -0.2) is 0 Å². The Bertz CT molecular complexity index is 650. The summed E-state index contributed by atoms with van der Waals surface area (Å²) in [6, 6.07) is 7.79. The fourth-order valence-corrected chi connectivity index (χ4v) is 3.44. The highest BCUT2D eigenvalue weighted by molar-refractivity contribution is 7.10. The number of rotatable bonds is 2. The molecule has 5 heteroatoms. The van der Waals surface area contributed by atoms with E-state index in [0.29, 0.717) is 17.8 Å². The summed E-state index contributed by atoms with van der Waals surface area (Å²) in [4.78, 5) is 16.0. The number of carbonyl (C=O) groups is 1. The van der Waals surface area contributed by atoms with Crippen molar-refractivity contribution in [3.63, 3.8) is 0 Å². The third kappa shape index (κ3) is 2.30. The molecule has 3 rings (SSSR count). The molecule has 0 saturated carbocycles. The number of nitrogens with two attached hydrogens (primary N) is 1. The molecule has 1 amide bonds. The number of nitrogens with zero attached hydrogens (tertiary/aromatic N) is 1. The van der Waals surface area contributed by atoms with Crippen molar-refractivity contribution in [2.45, 2.75) is 19.9 Å². The van der Waals surface area contributed by atoms with Gasteiger partial charge >= 0.3 is 0 Å². The maximum atomic E-state index is 12.7. The van der Waals surface area contributed by atoms with E-state index in [1.54, 1.807) is 11.3 Å². The van der Waals surface area contributed by atoms with E-state index < -0.39 is 0 Å². The van der Waals surface area contributed by atoms with Gasteiger partial charge in [0, 0.05) is 18.0 Å². The molecular weight excluding hydrogens is 270 g/mol. The van der Waals surface area contributed by atoms with Crippen molar-refractivity contribution in [1.29, 1.82) is 0 Å². The minimum atomic E-state index is 0.0403. The molecule has 0 fully saturated rings. The number of amides is 1. The molecule has 1 aromatic heterocycles. The van der Waals surface area contributed by atoms with Crippen LogP contribution >= 0.6 is 11.3 Å². The van der Waals surface area contributed by atoms with Crippen molar-refractivity contribution < 1.29 is 4.79 Å². The Balaban J connectivity index is 1.88. The number of aryl methyl sites for hydroxylation is 1. The van der Waals surface area contributed by atoms with Gasteiger partial charge in [-0.3, -0.25) is 10.6 Å². The summed E-state index contributed by atoms with van der Waals surface area (Å²) in [5, 5.41) is 2.10. The molecule has 0 saturated heterocycles. The molecule has 4 nitrogen and oxygen atoms in total. The lowest BCUT2D eigenvalue weighted by molar-refractivity contribution is 0.0736. The molecule has 0 unspecified atom stereocenters. The molecular formula is C15H17N3OS. The molecule has 0 atom stereocenters. The summed E-state index contributed by atoms with van der Waals surface area (Å²) in [6.07, 6.45) is 0.940. The highest BCUT2D eigenvalue weighted by Gasteiger charge is 2.24. The van der Waals surface area contributed by atoms with Gasteiger partial charge in [-0.2, -0.15) is 0 Å². The molecule has 1 aliphatic rings. The van der Waals surface area contributed by atoms with Crippen molar-refractivity contribution in [2.24, 2.45) is 5.84 Å². The van der Waals surface area contributed by atoms with Gasteiger partial charge in [0.25, 0.3) is 5.91 Å². The van der Waals surface area contributed by atoms with E-state index in [2.05, 4.69) is 16.9 Å². The number of carbonyl (C=O) groups excluding carboxylic acids is 1. The third-order valence-corrected chi connectivity index (χ3v) is 4.68. The predicted molar refractivity (Wildman–Crippen MR) is 81.8 cm³/mol. The number of nitrogens with one attached hydrogen (secondary N) is 1. The van der Waals surface area contributed by atoms with E-state index in [0.717, 1.165) is 18.5 Å². The summed E-state index contributed by atoms with van der Waals surface area (Å²) < 4.78 is 0. The lowest BCUT2D eigenvalue weighted by Gasteiger charge is -2.27. The summed E-state index contributed by atoms with van der Waals surface area (Å²) in [6.45, 7) is 3.43. The van der Waals surface area contributed by atoms with Gasteiger partial charge in [-0.1, -0.05) is 11.6 Å². The fraction of sp³-hybridized carbons (Fsp3) is 0.267. The summed E-state index contributed by atoms with van der Waals surface area (Å²) >= 11 is 1.77. The summed E-state index contributed by atoms with van der Waals surface area (Å²) in [7, 11) is 0. The van der Waals surface area contributed by atoms with Crippen molar-refractivity contribution in [1.82, 2.24) is 4.90 Å². The molecule has 3 N–H and O–H groups in total. The highest BCUT2D eigenvalue weighted by atomic mass is 32.1. The van der Waals surface area contributed by atoms with Crippen molar-refractivity contribution in [2.75, 3.05) is 12.0 Å². The smallest absolute Gasteiger partial charge is 0.256 e. The standard InChI is InChI=1S/C15H17N3OS/c1-10-2-3-13(17-16)12(8-10)15(19)18-6-4-14-11(9-18)5-7-20-14/h2-3,5,7-8,17H,4,6,9,16H2,1H3. The molecule has 20 heavy (non-hydrogen) atoms. The predicted octanol–water partition coefficient (Wildman–Crippen LogP) is 2.54. The third-order valence-electron chi connectivity index (χ3n) is 3.66. The van der Waals surface area contributed by atoms with Gasteiger partial charge in [0.2, 0.25) is 0 Å². The number of thiophene rings is 1. The van der Waals surface area contributed by atoms with Crippen LogP contribution in [0.3, 0.4) is 0 Å². The van der Waals surface area contributed by atoms with Gasteiger partial charge in [0.15, 0.2) is 0 Å². The van der Waals surface area contributed by atoms with Crippen LogP contribution in [0.25, 0.3) is 0 Å². The molecule has 1 aliphatic heterocycles. The van der Waals surface area contributed by atoms with E-state index >= 15 is 0 Å². The molecule has 0 radical (unpaired) electrons. The first-order valence-electron chi connectivity index (χ1n) is 6.61. The zero-order valence-corrected chi connectivity index (χ0v) is 12.2. The van der Waals surface area contributed by atoms with Gasteiger partial charge in [-0.15, -0.1) is 11.3 Å². The minimum absolute atomic E-state index is 0.0403. The molecule has 0 bridgehead atoms. The number of nitrogen functional groups attached to an aromatic ring is 1. The van der Waals surface area contributed by atoms with Gasteiger partial charge < -0.3 is 10.3 Å². The first kappa shape index (κ1) is 13.1. The van der Waals surface area contributed by atoms with Crippen LogP contribution in [0.15, 0.2) is 29.6 Å². The van der Waals surface area contributed by atoms with E-state index in [4.69, 9.17) is 5.84 Å². The van der Waals surface area contributed by atoms with Crippen LogP contribution in [0, 0.1) is 6.92 Å². The fourth-order valence-electron chi connectivity index (χ4n) is 2.55. The van der Waals surface area contributed by atoms with Crippen LogP contribution in [0.4, 0.5) is 5.69 Å². The zero-order valence-electron chi connectivity index (χ0n) is 11.3. The first-order valence-corrected chi connectivity index (χ1v) is 7.49. The Morgan fingerprint density at radius 2 is 2.25 bits per heavy atom. The van der Waals surface area contributed by atoms with Crippen molar-refractivity contribution >= 4 is 22.9 Å². The van der Waals surface area contributed by atoms with E-state index in [1.165, 1.54) is 10.4 Å². The van der Waals surface area contributed by atoms with Crippen LogP contribution in [0.5, 0.6) is 0 Å². The number of anilines is 1. The molecule has 104 valence electrons. The summed E-state index contributed by atoms with van der Waals surface area (Å²) in [5.41, 5.74) is 6.26. The Hall–Kier alpha value is -1.85. The first-order chi connectivity index (χ1) is 9.69. The van der Waals surface area contributed by atoms with Crippen molar-refractivity contribution in [3.05, 3.63) is 51.2 Å². The lowest BCUT2D eigenvalue weighted by Crippen LogP contribution is -2.36. The average Bonchev–Trinajstić information content (AvgIpc) is 2.93. The monoisotopic (exact) mass is 287 g/mol. The molecule has 2 aromatic rings. The Morgan fingerprint density at radius 3 is 3.05 bits per heavy atom. The molecule has 0 spiro atoms. The molecule has 0 aliphatic carbocycles. The topological polar surface area (TPSA) is 58.4 Å². The van der Waals surface area contributed by atoms with Crippen LogP contribution in [0.2, 0.25) is 0 Å². The zero-order chi connectivity index (χ0) is 14.1. The maximum Gasteiger partial charge on any atom is 0.256 e. The second-order valence-electron chi connectivity index (χ2n) is 5.04. The Kier molecular flexibility index (Phi) is 3.46. The second-order valence-corrected chi connectivity index (χ2v) is 6.04. The van der Waals surface area contributed by atoms with Gasteiger partial charge in [-0.05, 0) is 42.5 Å². The number of hydrogen-bond acceptors (Lipinski definition) is 4. The normalized spacial score (nSPS) is 14.0. The van der Waals surface area contributed by atoms with Gasteiger partial charge in [0.1, 0.15) is 0 Å². The largest absolute Gasteiger partial charge is 0.334 e.